The first-order chi connectivity index (χ1) is 16.3. The molecule has 4 N–H and O–H groups in total. The molecule has 3 saturated heterocycles. The Morgan fingerprint density at radius 2 is 1.76 bits per heavy atom. The SMILES string of the molecule is O=C(N[C@@H](CO[C@@H]1O[C@@H]2COC(c3ccccc3)O[C@@H]1[C@@H](O)[C@H]2O)C(=O)O)c1ccc(F)cc1. The van der Waals surface area contributed by atoms with Gasteiger partial charge in [-0.3, -0.25) is 4.79 Å². The van der Waals surface area contributed by atoms with Gasteiger partial charge in [0, 0.05) is 11.1 Å². The zero-order chi connectivity index (χ0) is 24.2. The third kappa shape index (κ3) is 5.41. The van der Waals surface area contributed by atoms with Gasteiger partial charge in [-0.1, -0.05) is 30.3 Å². The summed E-state index contributed by atoms with van der Waals surface area (Å²) in [6, 6.07) is 12.0. The molecular weight excluding hydrogens is 453 g/mol. The number of carboxylic acids is 1. The summed E-state index contributed by atoms with van der Waals surface area (Å²) < 4.78 is 35.9. The molecule has 3 aliphatic heterocycles. The molecule has 10 nitrogen and oxygen atoms in total. The van der Waals surface area contributed by atoms with Crippen molar-refractivity contribution in [3.8, 4) is 0 Å². The number of aliphatic hydroxyl groups excluding tert-OH is 2. The molecule has 3 fully saturated rings. The number of aliphatic hydroxyl groups is 2. The second-order valence-electron chi connectivity index (χ2n) is 7.91. The van der Waals surface area contributed by atoms with Crippen LogP contribution in [0.1, 0.15) is 22.2 Å². The number of benzene rings is 2. The molecule has 2 aromatic carbocycles. The minimum absolute atomic E-state index is 0.0682. The van der Waals surface area contributed by atoms with E-state index in [0.29, 0.717) is 5.56 Å². The van der Waals surface area contributed by atoms with E-state index in [0.717, 1.165) is 12.1 Å². The van der Waals surface area contributed by atoms with Crippen molar-refractivity contribution in [2.24, 2.45) is 0 Å². The maximum atomic E-state index is 13.1. The van der Waals surface area contributed by atoms with Crippen LogP contribution in [0.4, 0.5) is 4.39 Å². The number of halogens is 1. The van der Waals surface area contributed by atoms with Gasteiger partial charge in [0.05, 0.1) is 13.2 Å². The second kappa shape index (κ2) is 10.6. The number of amides is 1. The summed E-state index contributed by atoms with van der Waals surface area (Å²) >= 11 is 0. The molecule has 182 valence electrons. The molecule has 0 aliphatic carbocycles. The van der Waals surface area contributed by atoms with E-state index < -0.39 is 67.3 Å². The highest BCUT2D eigenvalue weighted by atomic mass is 19.1. The first-order valence-electron chi connectivity index (χ1n) is 10.6. The van der Waals surface area contributed by atoms with E-state index >= 15 is 0 Å². The van der Waals surface area contributed by atoms with Gasteiger partial charge in [0.25, 0.3) is 5.91 Å². The lowest BCUT2D eigenvalue weighted by molar-refractivity contribution is -0.366. The van der Waals surface area contributed by atoms with E-state index in [1.165, 1.54) is 12.1 Å². The molecule has 0 radical (unpaired) electrons. The smallest absolute Gasteiger partial charge is 0.328 e. The molecule has 0 aromatic heterocycles. The van der Waals surface area contributed by atoms with E-state index in [1.54, 1.807) is 24.3 Å². The number of carboxylic acid groups (broad SMARTS) is 1. The van der Waals surface area contributed by atoms with Crippen LogP contribution in [-0.4, -0.2) is 77.2 Å². The highest BCUT2D eigenvalue weighted by Crippen LogP contribution is 2.33. The summed E-state index contributed by atoms with van der Waals surface area (Å²) in [7, 11) is 0. The maximum absolute atomic E-state index is 13.1. The average Bonchev–Trinajstić information content (AvgIpc) is 2.82. The number of hydrogen-bond donors (Lipinski definition) is 4. The van der Waals surface area contributed by atoms with Crippen LogP contribution in [0.15, 0.2) is 54.6 Å². The lowest BCUT2D eigenvalue weighted by Crippen LogP contribution is -2.62. The molecule has 2 aromatic rings. The Morgan fingerprint density at radius 3 is 2.44 bits per heavy atom. The van der Waals surface area contributed by atoms with Crippen molar-refractivity contribution in [1.82, 2.24) is 5.32 Å². The number of fused-ring (bicyclic) bond motifs is 5. The summed E-state index contributed by atoms with van der Waals surface area (Å²) in [6.07, 6.45) is -6.99. The first kappa shape index (κ1) is 24.2. The lowest BCUT2D eigenvalue weighted by atomic mass is 9.98. The Morgan fingerprint density at radius 1 is 1.06 bits per heavy atom. The Hall–Kier alpha value is -2.93. The maximum Gasteiger partial charge on any atom is 0.328 e. The van der Waals surface area contributed by atoms with Crippen molar-refractivity contribution in [2.45, 2.75) is 43.0 Å². The van der Waals surface area contributed by atoms with Gasteiger partial charge in [-0.05, 0) is 24.3 Å². The van der Waals surface area contributed by atoms with Crippen molar-refractivity contribution in [2.75, 3.05) is 13.2 Å². The number of aliphatic carboxylic acids is 1. The topological polar surface area (TPSA) is 144 Å². The molecule has 1 unspecified atom stereocenters. The predicted molar refractivity (Wildman–Crippen MR) is 112 cm³/mol. The molecular formula is C23H24FNO9. The van der Waals surface area contributed by atoms with E-state index in [1.807, 2.05) is 6.07 Å². The summed E-state index contributed by atoms with van der Waals surface area (Å²) in [4.78, 5) is 24.0. The van der Waals surface area contributed by atoms with Crippen LogP contribution in [0.2, 0.25) is 0 Å². The van der Waals surface area contributed by atoms with Gasteiger partial charge in [-0.15, -0.1) is 0 Å². The van der Waals surface area contributed by atoms with Gasteiger partial charge in [-0.25, -0.2) is 9.18 Å². The fourth-order valence-electron chi connectivity index (χ4n) is 3.68. The van der Waals surface area contributed by atoms with Crippen LogP contribution in [-0.2, 0) is 23.7 Å². The normalized spacial score (nSPS) is 29.6. The van der Waals surface area contributed by atoms with Crippen LogP contribution in [0.5, 0.6) is 0 Å². The minimum atomic E-state index is -1.48. The minimum Gasteiger partial charge on any atom is -0.480 e. The fourth-order valence-corrected chi connectivity index (χ4v) is 3.68. The first-order valence-corrected chi connectivity index (χ1v) is 10.6. The molecule has 5 rings (SSSR count). The largest absolute Gasteiger partial charge is 0.480 e. The highest BCUT2D eigenvalue weighted by Gasteiger charge is 2.49. The third-order valence-electron chi connectivity index (χ3n) is 5.55. The summed E-state index contributed by atoms with van der Waals surface area (Å²) in [5.74, 6) is -2.65. The van der Waals surface area contributed by atoms with Crippen LogP contribution in [0, 0.1) is 5.82 Å². The molecule has 0 spiro atoms. The van der Waals surface area contributed by atoms with E-state index in [-0.39, 0.29) is 12.2 Å². The van der Waals surface area contributed by atoms with E-state index in [9.17, 15) is 29.3 Å². The summed E-state index contributed by atoms with van der Waals surface area (Å²) in [5, 5.41) is 32.7. The zero-order valence-corrected chi connectivity index (χ0v) is 17.8. The second-order valence-corrected chi connectivity index (χ2v) is 7.91. The molecule has 3 aliphatic rings. The van der Waals surface area contributed by atoms with E-state index in [2.05, 4.69) is 5.32 Å². The Bertz CT molecular complexity index is 988. The molecule has 11 heteroatoms. The molecule has 0 saturated carbocycles. The Labute approximate surface area is 193 Å². The van der Waals surface area contributed by atoms with Gasteiger partial charge in [0.15, 0.2) is 18.6 Å². The number of hydrogen-bond acceptors (Lipinski definition) is 8. The molecule has 7 atom stereocenters. The summed E-state index contributed by atoms with van der Waals surface area (Å²) in [5.41, 5.74) is 0.740. The highest BCUT2D eigenvalue weighted by molar-refractivity contribution is 5.96. The van der Waals surface area contributed by atoms with Gasteiger partial charge in [0.1, 0.15) is 30.2 Å². The standard InChI is InChI=1S/C23H24FNO9/c24-14-8-6-12(7-9-14)20(28)25-15(21(29)30)10-31-23-19-18(27)17(26)16(33-23)11-32-22(34-19)13-4-2-1-3-5-13/h1-9,15-19,22-23,26-27H,10-11H2,(H,25,28)(H,29,30)/t15-,16+,17-,18-,19+,22?,23+/m0/s1. The van der Waals surface area contributed by atoms with Crippen LogP contribution >= 0.6 is 0 Å². The predicted octanol–water partition coefficient (Wildman–Crippen LogP) is 0.586. The van der Waals surface area contributed by atoms with Crippen molar-refractivity contribution in [1.29, 1.82) is 0 Å². The van der Waals surface area contributed by atoms with E-state index in [4.69, 9.17) is 18.9 Å². The Kier molecular flexibility index (Phi) is 7.51. The number of carbonyl (C=O) groups excluding carboxylic acids is 1. The average molecular weight is 477 g/mol. The van der Waals surface area contributed by atoms with Crippen molar-refractivity contribution >= 4 is 11.9 Å². The van der Waals surface area contributed by atoms with Crippen molar-refractivity contribution in [3.63, 3.8) is 0 Å². The summed E-state index contributed by atoms with van der Waals surface area (Å²) in [6.45, 7) is -0.646. The Balaban J connectivity index is 1.45. The fraction of sp³-hybridized carbons (Fsp3) is 0.391. The van der Waals surface area contributed by atoms with Gasteiger partial charge >= 0.3 is 5.97 Å². The van der Waals surface area contributed by atoms with Crippen molar-refractivity contribution in [3.05, 3.63) is 71.5 Å². The zero-order valence-electron chi connectivity index (χ0n) is 17.8. The number of ether oxygens (including phenoxy) is 4. The van der Waals surface area contributed by atoms with Gasteiger partial charge in [-0.2, -0.15) is 0 Å². The number of rotatable bonds is 7. The van der Waals surface area contributed by atoms with Crippen molar-refractivity contribution < 1.29 is 48.2 Å². The number of nitrogens with one attached hydrogen (secondary N) is 1. The van der Waals surface area contributed by atoms with Crippen LogP contribution in [0.3, 0.4) is 0 Å². The quantitative estimate of drug-likeness (QED) is 0.450. The van der Waals surface area contributed by atoms with Crippen LogP contribution < -0.4 is 5.32 Å². The molecule has 2 bridgehead atoms. The van der Waals surface area contributed by atoms with Gasteiger partial charge < -0.3 is 39.6 Å². The van der Waals surface area contributed by atoms with Gasteiger partial charge in [0.2, 0.25) is 0 Å². The lowest BCUT2D eigenvalue weighted by Gasteiger charge is -2.46. The van der Waals surface area contributed by atoms with Crippen LogP contribution in [0.25, 0.3) is 0 Å². The molecule has 3 heterocycles. The third-order valence-corrected chi connectivity index (χ3v) is 5.55. The molecule has 34 heavy (non-hydrogen) atoms. The monoisotopic (exact) mass is 477 g/mol. The molecule has 1 amide bonds. The number of carbonyl (C=O) groups is 2.